The Balaban J connectivity index is 1.92. The fourth-order valence-electron chi connectivity index (χ4n) is 2.42. The molecule has 28 heavy (non-hydrogen) atoms. The molecule has 0 aromatic carbocycles. The Bertz CT molecular complexity index is 1030. The molecule has 3 rings (SSSR count). The van der Waals surface area contributed by atoms with Crippen LogP contribution >= 0.6 is 0 Å². The quantitative estimate of drug-likeness (QED) is 0.424. The van der Waals surface area contributed by atoms with Gasteiger partial charge in [0, 0.05) is 13.3 Å². The monoisotopic (exact) mass is 382 g/mol. The summed E-state index contributed by atoms with van der Waals surface area (Å²) in [5.74, 6) is -1.09. The molecule has 3 aromatic rings. The van der Waals surface area contributed by atoms with Crippen molar-refractivity contribution in [1.29, 1.82) is 0 Å². The predicted molar refractivity (Wildman–Crippen MR) is 102 cm³/mol. The molecule has 6 N–H and O–H groups in total. The van der Waals surface area contributed by atoms with Gasteiger partial charge in [-0.1, -0.05) is 0 Å². The number of nitrogens with one attached hydrogen (secondary N) is 2. The third-order valence-electron chi connectivity index (χ3n) is 3.72. The Morgan fingerprint density at radius 2 is 2.00 bits per heavy atom. The molecule has 2 amide bonds. The zero-order valence-electron chi connectivity index (χ0n) is 14.9. The number of amides is 2. The molecule has 0 fully saturated rings. The van der Waals surface area contributed by atoms with E-state index in [0.717, 1.165) is 0 Å². The van der Waals surface area contributed by atoms with Gasteiger partial charge in [-0.2, -0.15) is 0 Å². The maximum Gasteiger partial charge on any atom is 0.271 e. The van der Waals surface area contributed by atoms with E-state index in [1.165, 1.54) is 13.3 Å². The fraction of sp³-hybridized carbons (Fsp3) is 0.176. The minimum atomic E-state index is -0.821. The van der Waals surface area contributed by atoms with E-state index in [1.807, 2.05) is 6.07 Å². The van der Waals surface area contributed by atoms with Crippen LogP contribution in [0.4, 0.5) is 17.3 Å². The average molecular weight is 382 g/mol. The van der Waals surface area contributed by atoms with E-state index in [4.69, 9.17) is 16.2 Å². The summed E-state index contributed by atoms with van der Waals surface area (Å²) in [5.41, 5.74) is 12.5. The molecular formula is C17H18N8O3. The molecule has 11 heteroatoms. The molecular weight excluding hydrogens is 364 g/mol. The lowest BCUT2D eigenvalue weighted by Gasteiger charge is -2.16. The summed E-state index contributed by atoms with van der Waals surface area (Å²) >= 11 is 0. The number of anilines is 3. The Hall–Kier alpha value is -3.86. The molecule has 3 aromatic heterocycles. The highest BCUT2D eigenvalue weighted by Gasteiger charge is 2.18. The van der Waals surface area contributed by atoms with Crippen LogP contribution in [0.25, 0.3) is 11.0 Å². The Morgan fingerprint density at radius 1 is 1.18 bits per heavy atom. The third kappa shape index (κ3) is 4.27. The van der Waals surface area contributed by atoms with Gasteiger partial charge >= 0.3 is 0 Å². The molecule has 3 heterocycles. The summed E-state index contributed by atoms with van der Waals surface area (Å²) in [6.07, 6.45) is 4.48. The van der Waals surface area contributed by atoms with Crippen molar-refractivity contribution in [3.63, 3.8) is 0 Å². The minimum Gasteiger partial charge on any atom is -0.382 e. The van der Waals surface area contributed by atoms with Crippen LogP contribution in [0.2, 0.25) is 0 Å². The summed E-state index contributed by atoms with van der Waals surface area (Å²) in [4.78, 5) is 40.0. The molecule has 1 unspecified atom stereocenters. The van der Waals surface area contributed by atoms with Gasteiger partial charge in [0.15, 0.2) is 11.5 Å². The molecule has 0 spiro atoms. The number of rotatable bonds is 8. The van der Waals surface area contributed by atoms with Crippen LogP contribution in [0.5, 0.6) is 0 Å². The van der Waals surface area contributed by atoms with E-state index in [2.05, 4.69) is 30.6 Å². The molecule has 0 saturated heterocycles. The largest absolute Gasteiger partial charge is 0.382 e. The zero-order chi connectivity index (χ0) is 20.1. The van der Waals surface area contributed by atoms with Crippen molar-refractivity contribution in [3.05, 3.63) is 42.5 Å². The van der Waals surface area contributed by atoms with Gasteiger partial charge in [0.1, 0.15) is 11.9 Å². The molecule has 0 saturated carbocycles. The SMILES string of the molecule is COCC(Nc1cnc(C(N)=O)c(Nc2cnc3cccnc3c2)n1)C(N)=O. The first-order valence-corrected chi connectivity index (χ1v) is 8.17. The number of methoxy groups -OCH3 is 1. The van der Waals surface area contributed by atoms with Crippen LogP contribution in [0, 0.1) is 0 Å². The van der Waals surface area contributed by atoms with Crippen molar-refractivity contribution in [1.82, 2.24) is 19.9 Å². The van der Waals surface area contributed by atoms with Crippen molar-refractivity contribution < 1.29 is 14.3 Å². The minimum absolute atomic E-state index is 0.0393. The molecule has 0 aliphatic carbocycles. The summed E-state index contributed by atoms with van der Waals surface area (Å²) < 4.78 is 4.95. The molecule has 1 atom stereocenters. The third-order valence-corrected chi connectivity index (χ3v) is 3.72. The highest BCUT2D eigenvalue weighted by Crippen LogP contribution is 2.21. The topological polar surface area (TPSA) is 171 Å². The van der Waals surface area contributed by atoms with Gasteiger partial charge in [0.05, 0.1) is 35.7 Å². The second-order valence-electron chi connectivity index (χ2n) is 5.76. The van der Waals surface area contributed by atoms with E-state index < -0.39 is 17.9 Å². The fourth-order valence-corrected chi connectivity index (χ4v) is 2.42. The number of carbonyl (C=O) groups is 2. The van der Waals surface area contributed by atoms with Crippen LogP contribution in [0.1, 0.15) is 10.5 Å². The molecule has 11 nitrogen and oxygen atoms in total. The summed E-state index contributed by atoms with van der Waals surface area (Å²) in [6.45, 7) is 0.0393. The van der Waals surface area contributed by atoms with Crippen molar-refractivity contribution in [3.8, 4) is 0 Å². The van der Waals surface area contributed by atoms with E-state index in [-0.39, 0.29) is 23.9 Å². The van der Waals surface area contributed by atoms with Crippen molar-refractivity contribution in [2.24, 2.45) is 11.5 Å². The molecule has 144 valence electrons. The molecule has 0 aliphatic rings. The van der Waals surface area contributed by atoms with Crippen molar-refractivity contribution in [2.45, 2.75) is 6.04 Å². The van der Waals surface area contributed by atoms with Gasteiger partial charge in [-0.3, -0.25) is 19.6 Å². The second kappa shape index (κ2) is 8.22. The number of carbonyl (C=O) groups excluding carboxylic acids is 2. The summed E-state index contributed by atoms with van der Waals surface area (Å²) in [7, 11) is 1.44. The van der Waals surface area contributed by atoms with Gasteiger partial charge in [-0.15, -0.1) is 0 Å². The van der Waals surface area contributed by atoms with Gasteiger partial charge in [-0.05, 0) is 18.2 Å². The van der Waals surface area contributed by atoms with Gasteiger partial charge in [-0.25, -0.2) is 9.97 Å². The lowest BCUT2D eigenvalue weighted by molar-refractivity contribution is -0.119. The maximum atomic E-state index is 11.7. The first-order chi connectivity index (χ1) is 13.5. The van der Waals surface area contributed by atoms with E-state index in [9.17, 15) is 9.59 Å². The lowest BCUT2D eigenvalue weighted by Crippen LogP contribution is -2.39. The van der Waals surface area contributed by atoms with E-state index in [0.29, 0.717) is 16.7 Å². The van der Waals surface area contributed by atoms with Crippen LogP contribution in [-0.2, 0) is 9.53 Å². The maximum absolute atomic E-state index is 11.7. The predicted octanol–water partition coefficient (Wildman–Crippen LogP) is 0.175. The first-order valence-electron chi connectivity index (χ1n) is 8.17. The number of hydrogen-bond donors (Lipinski definition) is 4. The standard InChI is InChI=1S/C17H18N8O3/c1-28-8-12(15(18)26)24-13-7-22-14(16(19)27)17(25-13)23-9-5-11-10(21-6-9)3-2-4-20-11/h2-7,12H,8H2,1H3,(H2,18,26)(H2,19,27)(H2,23,24,25). The van der Waals surface area contributed by atoms with Crippen LogP contribution in [-0.4, -0.2) is 51.5 Å². The van der Waals surface area contributed by atoms with Crippen LogP contribution in [0.15, 0.2) is 36.8 Å². The normalized spacial score (nSPS) is 11.8. The number of primary amides is 2. The Labute approximate surface area is 159 Å². The number of nitrogens with two attached hydrogens (primary N) is 2. The van der Waals surface area contributed by atoms with Gasteiger partial charge < -0.3 is 26.8 Å². The van der Waals surface area contributed by atoms with Crippen LogP contribution in [0.3, 0.4) is 0 Å². The smallest absolute Gasteiger partial charge is 0.271 e. The summed E-state index contributed by atoms with van der Waals surface area (Å²) in [5, 5.41) is 5.76. The molecule has 0 radical (unpaired) electrons. The molecule has 0 bridgehead atoms. The number of aromatic nitrogens is 4. The average Bonchev–Trinajstić information content (AvgIpc) is 2.67. The van der Waals surface area contributed by atoms with E-state index in [1.54, 1.807) is 24.5 Å². The zero-order valence-corrected chi connectivity index (χ0v) is 14.9. The van der Waals surface area contributed by atoms with E-state index >= 15 is 0 Å². The summed E-state index contributed by atoms with van der Waals surface area (Å²) in [6, 6.07) is 4.53. The number of nitrogens with zero attached hydrogens (tertiary/aromatic N) is 4. The Kier molecular flexibility index (Phi) is 5.56. The second-order valence-corrected chi connectivity index (χ2v) is 5.76. The van der Waals surface area contributed by atoms with Crippen LogP contribution < -0.4 is 22.1 Å². The highest BCUT2D eigenvalue weighted by molar-refractivity contribution is 5.96. The van der Waals surface area contributed by atoms with Gasteiger partial charge in [0.25, 0.3) is 5.91 Å². The lowest BCUT2D eigenvalue weighted by atomic mass is 10.3. The van der Waals surface area contributed by atoms with Gasteiger partial charge in [0.2, 0.25) is 5.91 Å². The van der Waals surface area contributed by atoms with Crippen molar-refractivity contribution >= 4 is 40.2 Å². The highest BCUT2D eigenvalue weighted by atomic mass is 16.5. The number of hydrogen-bond acceptors (Lipinski definition) is 9. The Morgan fingerprint density at radius 3 is 2.71 bits per heavy atom. The first kappa shape index (κ1) is 18.9. The molecule has 0 aliphatic heterocycles. The van der Waals surface area contributed by atoms with Crippen molar-refractivity contribution in [2.75, 3.05) is 24.4 Å². The number of fused-ring (bicyclic) bond motifs is 1. The number of ether oxygens (including phenoxy) is 1. The number of pyridine rings is 2.